The predicted molar refractivity (Wildman–Crippen MR) is 85.1 cm³/mol. The number of nitrogens with one attached hydrogen (secondary N) is 1. The number of hydrogen-bond acceptors (Lipinski definition) is 3. The van der Waals surface area contributed by atoms with Crippen molar-refractivity contribution in [2.24, 2.45) is 0 Å². The van der Waals surface area contributed by atoms with E-state index in [9.17, 15) is 0 Å². The number of thiophene rings is 1. The van der Waals surface area contributed by atoms with Crippen molar-refractivity contribution in [2.75, 3.05) is 17.6 Å². The van der Waals surface area contributed by atoms with Gasteiger partial charge in [0.15, 0.2) is 0 Å². The number of nitrogens with two attached hydrogens (primary N) is 1. The maximum absolute atomic E-state index is 5.92. The third-order valence-corrected chi connectivity index (χ3v) is 4.29. The third-order valence-electron chi connectivity index (χ3n) is 2.33. The van der Waals surface area contributed by atoms with E-state index >= 15 is 0 Å². The molecule has 0 spiro atoms. The van der Waals surface area contributed by atoms with E-state index in [1.165, 1.54) is 4.88 Å². The topological polar surface area (TPSA) is 38.0 Å². The molecule has 1 aromatic carbocycles. The summed E-state index contributed by atoms with van der Waals surface area (Å²) >= 11 is 9.75. The van der Waals surface area contributed by atoms with Gasteiger partial charge in [0, 0.05) is 15.0 Å². The molecular weight excluding hydrogens is 367 g/mol. The minimum Gasteiger partial charge on any atom is -0.397 e. The maximum atomic E-state index is 5.92. The van der Waals surface area contributed by atoms with Crippen molar-refractivity contribution in [2.45, 2.75) is 6.42 Å². The van der Waals surface area contributed by atoms with Crippen LogP contribution in [0.25, 0.3) is 0 Å². The highest BCUT2D eigenvalue weighted by Gasteiger charge is 2.01. The molecule has 0 saturated carbocycles. The summed E-state index contributed by atoms with van der Waals surface area (Å²) in [4.78, 5) is 1.28. The van der Waals surface area contributed by atoms with Crippen LogP contribution in [0.4, 0.5) is 11.4 Å². The van der Waals surface area contributed by atoms with Crippen LogP contribution in [0, 0.1) is 3.57 Å². The van der Waals surface area contributed by atoms with Gasteiger partial charge in [-0.2, -0.15) is 0 Å². The first-order chi connectivity index (χ1) is 8.15. The summed E-state index contributed by atoms with van der Waals surface area (Å²) in [6.45, 7) is 0.863. The average Bonchev–Trinajstić information content (AvgIpc) is 2.68. The molecule has 0 bridgehead atoms. The lowest BCUT2D eigenvalue weighted by Crippen LogP contribution is -2.06. The van der Waals surface area contributed by atoms with Gasteiger partial charge in [0.05, 0.1) is 15.7 Å². The van der Waals surface area contributed by atoms with E-state index in [0.717, 1.165) is 32.2 Å². The van der Waals surface area contributed by atoms with Gasteiger partial charge in [0.2, 0.25) is 0 Å². The molecule has 3 N–H and O–H groups in total. The third kappa shape index (κ3) is 3.76. The van der Waals surface area contributed by atoms with Crippen molar-refractivity contribution in [1.82, 2.24) is 0 Å². The summed E-state index contributed by atoms with van der Waals surface area (Å²) in [7, 11) is 0. The molecule has 2 rings (SSSR count). The Morgan fingerprint density at radius 2 is 2.12 bits per heavy atom. The minimum absolute atomic E-state index is 0.793. The van der Waals surface area contributed by atoms with Crippen LogP contribution < -0.4 is 11.1 Å². The van der Waals surface area contributed by atoms with Crippen LogP contribution in [-0.4, -0.2) is 6.54 Å². The highest BCUT2D eigenvalue weighted by molar-refractivity contribution is 14.1. The normalized spacial score (nSPS) is 10.5. The Labute approximate surface area is 123 Å². The van der Waals surface area contributed by atoms with Crippen molar-refractivity contribution >= 4 is 56.9 Å². The van der Waals surface area contributed by atoms with Crippen LogP contribution >= 0.6 is 45.5 Å². The quantitative estimate of drug-likeness (QED) is 0.617. The van der Waals surface area contributed by atoms with Gasteiger partial charge in [0.1, 0.15) is 0 Å². The highest BCUT2D eigenvalue weighted by Crippen LogP contribution is 2.23. The van der Waals surface area contributed by atoms with Gasteiger partial charge in [-0.15, -0.1) is 11.3 Å². The van der Waals surface area contributed by atoms with Crippen molar-refractivity contribution < 1.29 is 0 Å². The Morgan fingerprint density at radius 1 is 1.29 bits per heavy atom. The zero-order chi connectivity index (χ0) is 12.3. The van der Waals surface area contributed by atoms with Crippen molar-refractivity contribution in [3.63, 3.8) is 0 Å². The molecule has 0 aliphatic heterocycles. The second-order valence-electron chi connectivity index (χ2n) is 3.61. The lowest BCUT2D eigenvalue weighted by molar-refractivity contribution is 1.05. The fourth-order valence-electron chi connectivity index (χ4n) is 1.50. The summed E-state index contributed by atoms with van der Waals surface area (Å²) in [5.74, 6) is 0. The monoisotopic (exact) mass is 378 g/mol. The number of anilines is 2. The van der Waals surface area contributed by atoms with Gasteiger partial charge in [0.25, 0.3) is 0 Å². The molecule has 0 amide bonds. The highest BCUT2D eigenvalue weighted by atomic mass is 127. The Hall–Kier alpha value is -0.460. The molecule has 0 unspecified atom stereocenters. The standard InChI is InChI=1S/C12H12ClIN2S/c13-12-4-2-9(17-12)5-6-16-11-3-1-8(14)7-10(11)15/h1-4,7,16H,5-6,15H2. The van der Waals surface area contributed by atoms with E-state index in [1.807, 2.05) is 24.3 Å². The Bertz CT molecular complexity index is 513. The van der Waals surface area contributed by atoms with Crippen molar-refractivity contribution in [3.05, 3.63) is 43.1 Å². The molecule has 2 nitrogen and oxygen atoms in total. The molecule has 1 heterocycles. The number of nitrogen functional groups attached to an aromatic ring is 1. The van der Waals surface area contributed by atoms with Gasteiger partial charge in [-0.1, -0.05) is 11.6 Å². The summed E-state index contributed by atoms with van der Waals surface area (Å²) in [6, 6.07) is 10.0. The average molecular weight is 379 g/mol. The molecule has 2 aromatic rings. The lowest BCUT2D eigenvalue weighted by atomic mass is 10.2. The fourth-order valence-corrected chi connectivity index (χ4v) is 3.10. The van der Waals surface area contributed by atoms with Gasteiger partial charge in [-0.3, -0.25) is 0 Å². The zero-order valence-corrected chi connectivity index (χ0v) is 12.8. The van der Waals surface area contributed by atoms with Gasteiger partial charge in [-0.25, -0.2) is 0 Å². The fraction of sp³-hybridized carbons (Fsp3) is 0.167. The Balaban J connectivity index is 1.90. The van der Waals surface area contributed by atoms with E-state index in [0.29, 0.717) is 0 Å². The molecule has 5 heteroatoms. The van der Waals surface area contributed by atoms with Crippen LogP contribution in [0.1, 0.15) is 4.88 Å². The molecule has 1 aromatic heterocycles. The molecular formula is C12H12ClIN2S. The van der Waals surface area contributed by atoms with Crippen molar-refractivity contribution in [1.29, 1.82) is 0 Å². The Morgan fingerprint density at radius 3 is 2.76 bits per heavy atom. The van der Waals surface area contributed by atoms with Crippen LogP contribution in [0.3, 0.4) is 0 Å². The summed E-state index contributed by atoms with van der Waals surface area (Å²) < 4.78 is 1.99. The van der Waals surface area contributed by atoms with Crippen LogP contribution in [0.5, 0.6) is 0 Å². The molecule has 90 valence electrons. The van der Waals surface area contributed by atoms with E-state index in [2.05, 4.69) is 34.0 Å². The van der Waals surface area contributed by atoms with E-state index < -0.39 is 0 Å². The Kier molecular flexibility index (Phi) is 4.53. The molecule has 0 aliphatic carbocycles. The predicted octanol–water partition coefficient (Wildman–Crippen LogP) is 4.24. The van der Waals surface area contributed by atoms with Gasteiger partial charge in [-0.05, 0) is 59.3 Å². The number of hydrogen-bond donors (Lipinski definition) is 2. The zero-order valence-electron chi connectivity index (χ0n) is 9.04. The lowest BCUT2D eigenvalue weighted by Gasteiger charge is -2.08. The first-order valence-electron chi connectivity index (χ1n) is 5.18. The molecule has 0 radical (unpaired) electrons. The molecule has 17 heavy (non-hydrogen) atoms. The van der Waals surface area contributed by atoms with Crippen LogP contribution in [0.15, 0.2) is 30.3 Å². The van der Waals surface area contributed by atoms with Crippen molar-refractivity contribution in [3.8, 4) is 0 Å². The van der Waals surface area contributed by atoms with E-state index in [-0.39, 0.29) is 0 Å². The van der Waals surface area contributed by atoms with Gasteiger partial charge >= 0.3 is 0 Å². The second kappa shape index (κ2) is 5.93. The van der Waals surface area contributed by atoms with E-state index in [4.69, 9.17) is 17.3 Å². The maximum Gasteiger partial charge on any atom is 0.0931 e. The first-order valence-corrected chi connectivity index (χ1v) is 7.45. The summed E-state index contributed by atoms with van der Waals surface area (Å²) in [5.41, 5.74) is 7.71. The minimum atomic E-state index is 0.793. The summed E-state index contributed by atoms with van der Waals surface area (Å²) in [6.07, 6.45) is 0.961. The number of rotatable bonds is 4. The first kappa shape index (κ1) is 13.0. The van der Waals surface area contributed by atoms with Gasteiger partial charge < -0.3 is 11.1 Å². The SMILES string of the molecule is Nc1cc(I)ccc1NCCc1ccc(Cl)s1. The van der Waals surface area contributed by atoms with Crippen LogP contribution in [-0.2, 0) is 6.42 Å². The molecule has 0 aliphatic rings. The molecule has 0 saturated heterocycles. The number of halogens is 2. The largest absolute Gasteiger partial charge is 0.397 e. The summed E-state index contributed by atoms with van der Waals surface area (Å²) in [5, 5.41) is 3.33. The second-order valence-corrected chi connectivity index (χ2v) is 6.66. The van der Waals surface area contributed by atoms with E-state index in [1.54, 1.807) is 11.3 Å². The van der Waals surface area contributed by atoms with Crippen LogP contribution in [0.2, 0.25) is 4.34 Å². The molecule has 0 fully saturated rings. The smallest absolute Gasteiger partial charge is 0.0931 e. The number of benzene rings is 1. The molecule has 0 atom stereocenters.